The average Bonchev–Trinajstić information content (AvgIpc) is 2.52. The Morgan fingerprint density at radius 3 is 2.72 bits per heavy atom. The summed E-state index contributed by atoms with van der Waals surface area (Å²) < 4.78 is 32.5. The molecule has 8 heteroatoms. The molecule has 3 N–H and O–H groups in total. The summed E-state index contributed by atoms with van der Waals surface area (Å²) in [4.78, 5) is 6.45. The van der Waals surface area contributed by atoms with Crippen molar-refractivity contribution >= 4 is 16.0 Å². The number of nitrogens with two attached hydrogens (primary N) is 1. The standard InChI is InChI=1S/C17H28N4O3S/c1-13(2)20-25(22,23)12-16-7-5-4-6-15(16)10-19-17(18)21-8-9-24-14(3)11-21/h4-7,13-14,20H,8-12H2,1-3H3,(H2,18,19). The van der Waals surface area contributed by atoms with Gasteiger partial charge in [-0.2, -0.15) is 0 Å². The van der Waals surface area contributed by atoms with E-state index in [-0.39, 0.29) is 17.9 Å². The van der Waals surface area contributed by atoms with Gasteiger partial charge in [0.1, 0.15) is 0 Å². The van der Waals surface area contributed by atoms with E-state index in [4.69, 9.17) is 10.5 Å². The summed E-state index contributed by atoms with van der Waals surface area (Å²) >= 11 is 0. The Morgan fingerprint density at radius 2 is 2.08 bits per heavy atom. The van der Waals surface area contributed by atoms with Gasteiger partial charge in [-0.1, -0.05) is 24.3 Å². The van der Waals surface area contributed by atoms with Crippen LogP contribution in [0.1, 0.15) is 31.9 Å². The predicted molar refractivity (Wildman–Crippen MR) is 99.7 cm³/mol. The second-order valence-corrected chi connectivity index (χ2v) is 8.36. The quantitative estimate of drug-likeness (QED) is 0.578. The zero-order valence-electron chi connectivity index (χ0n) is 15.1. The monoisotopic (exact) mass is 368 g/mol. The van der Waals surface area contributed by atoms with Gasteiger partial charge in [0.2, 0.25) is 10.0 Å². The Bertz CT molecular complexity index is 704. The van der Waals surface area contributed by atoms with Gasteiger partial charge in [0.15, 0.2) is 5.96 Å². The van der Waals surface area contributed by atoms with Crippen LogP contribution >= 0.6 is 0 Å². The summed E-state index contributed by atoms with van der Waals surface area (Å²) in [5.74, 6) is 0.402. The van der Waals surface area contributed by atoms with E-state index in [0.717, 1.165) is 11.1 Å². The number of nitrogens with zero attached hydrogens (tertiary/aromatic N) is 2. The maximum atomic E-state index is 12.2. The average molecular weight is 369 g/mol. The molecular formula is C17H28N4O3S. The number of morpholine rings is 1. The SMILES string of the molecule is CC(C)NS(=O)(=O)Cc1ccccc1CN=C(N)N1CCOC(C)C1. The van der Waals surface area contributed by atoms with Gasteiger partial charge >= 0.3 is 0 Å². The number of hydrogen-bond acceptors (Lipinski definition) is 4. The number of aliphatic imine (C=N–C) groups is 1. The number of hydrogen-bond donors (Lipinski definition) is 2. The molecule has 1 aromatic carbocycles. The van der Waals surface area contributed by atoms with Gasteiger partial charge in [-0.15, -0.1) is 0 Å². The molecule has 0 radical (unpaired) electrons. The van der Waals surface area contributed by atoms with E-state index in [1.807, 2.05) is 36.1 Å². The maximum absolute atomic E-state index is 12.2. The Morgan fingerprint density at radius 1 is 1.40 bits per heavy atom. The molecule has 1 atom stereocenters. The van der Waals surface area contributed by atoms with E-state index >= 15 is 0 Å². The van der Waals surface area contributed by atoms with Crippen molar-refractivity contribution in [1.82, 2.24) is 9.62 Å². The second kappa shape index (κ2) is 8.64. The Balaban J connectivity index is 2.08. The number of nitrogens with one attached hydrogen (secondary N) is 1. The van der Waals surface area contributed by atoms with E-state index in [9.17, 15) is 8.42 Å². The minimum atomic E-state index is -3.38. The molecule has 1 aromatic rings. The van der Waals surface area contributed by atoms with Gasteiger partial charge in [0.05, 0.1) is 25.0 Å². The predicted octanol–water partition coefficient (Wildman–Crippen LogP) is 1.05. The summed E-state index contributed by atoms with van der Waals surface area (Å²) in [7, 11) is -3.38. The number of sulfonamides is 1. The van der Waals surface area contributed by atoms with Crippen LogP contribution in [0.5, 0.6) is 0 Å². The minimum Gasteiger partial charge on any atom is -0.375 e. The van der Waals surface area contributed by atoms with Crippen LogP contribution in [-0.4, -0.2) is 51.1 Å². The normalized spacial score (nSPS) is 19.4. The number of ether oxygens (including phenoxy) is 1. The van der Waals surface area contributed by atoms with E-state index < -0.39 is 10.0 Å². The van der Waals surface area contributed by atoms with Crippen LogP contribution in [-0.2, 0) is 27.1 Å². The molecule has 25 heavy (non-hydrogen) atoms. The molecule has 140 valence electrons. The van der Waals surface area contributed by atoms with E-state index in [1.54, 1.807) is 13.8 Å². The molecule has 7 nitrogen and oxygen atoms in total. The van der Waals surface area contributed by atoms with E-state index in [2.05, 4.69) is 9.71 Å². The van der Waals surface area contributed by atoms with Gasteiger partial charge in [0, 0.05) is 19.1 Å². The Hall–Kier alpha value is -1.64. The van der Waals surface area contributed by atoms with Crippen molar-refractivity contribution in [2.75, 3.05) is 19.7 Å². The van der Waals surface area contributed by atoms with Crippen molar-refractivity contribution in [2.24, 2.45) is 10.7 Å². The van der Waals surface area contributed by atoms with Gasteiger partial charge in [0.25, 0.3) is 0 Å². The first kappa shape index (κ1) is 19.7. The van der Waals surface area contributed by atoms with Gasteiger partial charge in [-0.3, -0.25) is 0 Å². The molecule has 2 rings (SSSR count). The second-order valence-electron chi connectivity index (χ2n) is 6.60. The lowest BCUT2D eigenvalue weighted by Crippen LogP contribution is -2.47. The van der Waals surface area contributed by atoms with Gasteiger partial charge < -0.3 is 15.4 Å². The Labute approximate surface area is 150 Å². The molecule has 1 aliphatic rings. The molecule has 1 heterocycles. The van der Waals surface area contributed by atoms with Crippen LogP contribution in [0.3, 0.4) is 0 Å². The van der Waals surface area contributed by atoms with Crippen LogP contribution in [0.25, 0.3) is 0 Å². The van der Waals surface area contributed by atoms with Crippen molar-refractivity contribution in [3.63, 3.8) is 0 Å². The molecule has 0 aliphatic carbocycles. The fourth-order valence-electron chi connectivity index (χ4n) is 2.75. The zero-order valence-corrected chi connectivity index (χ0v) is 15.9. The molecule has 0 amide bonds. The first-order valence-corrected chi connectivity index (χ1v) is 10.2. The largest absolute Gasteiger partial charge is 0.375 e. The molecule has 0 saturated carbocycles. The molecular weight excluding hydrogens is 340 g/mol. The van der Waals surface area contributed by atoms with Crippen LogP contribution in [0.15, 0.2) is 29.3 Å². The first-order valence-electron chi connectivity index (χ1n) is 8.50. The molecule has 0 bridgehead atoms. The smallest absolute Gasteiger partial charge is 0.216 e. The summed E-state index contributed by atoms with van der Waals surface area (Å²) in [6.07, 6.45) is 0.127. The van der Waals surface area contributed by atoms with Crippen LogP contribution < -0.4 is 10.5 Å². The number of guanidine groups is 1. The summed E-state index contributed by atoms with van der Waals surface area (Å²) in [6, 6.07) is 7.29. The zero-order chi connectivity index (χ0) is 18.4. The van der Waals surface area contributed by atoms with Crippen molar-refractivity contribution in [3.05, 3.63) is 35.4 Å². The lowest BCUT2D eigenvalue weighted by molar-refractivity contribution is 0.00528. The molecule has 1 aliphatic heterocycles. The summed E-state index contributed by atoms with van der Waals surface area (Å²) in [5, 5.41) is 0. The van der Waals surface area contributed by atoms with Gasteiger partial charge in [-0.05, 0) is 31.9 Å². The lowest BCUT2D eigenvalue weighted by Gasteiger charge is -2.31. The van der Waals surface area contributed by atoms with Crippen molar-refractivity contribution < 1.29 is 13.2 Å². The highest BCUT2D eigenvalue weighted by Crippen LogP contribution is 2.14. The molecule has 1 saturated heterocycles. The van der Waals surface area contributed by atoms with Crippen molar-refractivity contribution in [1.29, 1.82) is 0 Å². The first-order chi connectivity index (χ1) is 11.8. The third-order valence-electron chi connectivity index (χ3n) is 3.86. The van der Waals surface area contributed by atoms with E-state index in [0.29, 0.717) is 32.2 Å². The summed E-state index contributed by atoms with van der Waals surface area (Å²) in [5.41, 5.74) is 7.69. The Kier molecular flexibility index (Phi) is 6.80. The van der Waals surface area contributed by atoms with Gasteiger partial charge in [-0.25, -0.2) is 18.1 Å². The highest BCUT2D eigenvalue weighted by atomic mass is 32.2. The molecule has 0 spiro atoms. The molecule has 1 unspecified atom stereocenters. The van der Waals surface area contributed by atoms with Crippen molar-refractivity contribution in [2.45, 2.75) is 45.2 Å². The highest BCUT2D eigenvalue weighted by Gasteiger charge is 2.18. The maximum Gasteiger partial charge on any atom is 0.216 e. The van der Waals surface area contributed by atoms with Crippen LogP contribution in [0.4, 0.5) is 0 Å². The third kappa shape index (κ3) is 6.30. The van der Waals surface area contributed by atoms with Crippen LogP contribution in [0.2, 0.25) is 0 Å². The fraction of sp³-hybridized carbons (Fsp3) is 0.588. The van der Waals surface area contributed by atoms with Crippen LogP contribution in [0, 0.1) is 0 Å². The van der Waals surface area contributed by atoms with E-state index in [1.165, 1.54) is 0 Å². The molecule has 1 fully saturated rings. The number of benzene rings is 1. The van der Waals surface area contributed by atoms with Crippen molar-refractivity contribution in [3.8, 4) is 0 Å². The lowest BCUT2D eigenvalue weighted by atomic mass is 10.1. The number of rotatable bonds is 6. The highest BCUT2D eigenvalue weighted by molar-refractivity contribution is 7.88. The third-order valence-corrected chi connectivity index (χ3v) is 5.38. The fourth-order valence-corrected chi connectivity index (χ4v) is 4.24. The topological polar surface area (TPSA) is 97.0 Å². The molecule has 0 aromatic heterocycles. The summed E-state index contributed by atoms with van der Waals surface area (Å²) in [6.45, 7) is 8.02. The minimum absolute atomic E-state index is 0.0641.